The first kappa shape index (κ1) is 20.8. The normalized spacial score (nSPS) is 18.3. The van der Waals surface area contributed by atoms with Crippen molar-refractivity contribution in [2.75, 3.05) is 5.32 Å². The molecule has 1 aliphatic rings. The molecule has 7 heteroatoms. The number of aromatic nitrogens is 1. The molecular weight excluding hydrogens is 418 g/mol. The molecular formula is C23H24ClN3O2S. The summed E-state index contributed by atoms with van der Waals surface area (Å²) in [7, 11) is 0. The minimum atomic E-state index is -0.0885. The van der Waals surface area contributed by atoms with Crippen LogP contribution >= 0.6 is 22.9 Å². The molecule has 3 aromatic rings. The lowest BCUT2D eigenvalue weighted by Gasteiger charge is -2.21. The molecule has 0 spiro atoms. The molecule has 0 bridgehead atoms. The third kappa shape index (κ3) is 5.19. The molecule has 2 N–H and O–H groups in total. The van der Waals surface area contributed by atoms with Gasteiger partial charge in [0.25, 0.3) is 5.91 Å². The molecule has 30 heavy (non-hydrogen) atoms. The lowest BCUT2D eigenvalue weighted by molar-refractivity contribution is 0.0272. The summed E-state index contributed by atoms with van der Waals surface area (Å²) in [5.74, 6) is -0.0885. The van der Waals surface area contributed by atoms with Crippen LogP contribution in [0.5, 0.6) is 0 Å². The molecule has 1 amide bonds. The Bertz CT molecular complexity index is 991. The number of nitrogens with one attached hydrogen (secondary N) is 2. The highest BCUT2D eigenvalue weighted by molar-refractivity contribution is 7.17. The molecule has 0 aliphatic heterocycles. The van der Waals surface area contributed by atoms with Gasteiger partial charge in [0.15, 0.2) is 5.13 Å². The van der Waals surface area contributed by atoms with Crippen LogP contribution in [0, 0.1) is 6.92 Å². The maximum absolute atomic E-state index is 12.9. The second kappa shape index (κ2) is 9.60. The quantitative estimate of drug-likeness (QED) is 0.492. The van der Waals surface area contributed by atoms with Gasteiger partial charge in [-0.2, -0.15) is 0 Å². The van der Waals surface area contributed by atoms with Gasteiger partial charge in [0, 0.05) is 10.7 Å². The van der Waals surface area contributed by atoms with Gasteiger partial charge in [-0.05, 0) is 56.0 Å². The lowest BCUT2D eigenvalue weighted by Crippen LogP contribution is -2.41. The smallest absolute Gasteiger partial charge is 0.263 e. The first-order valence-corrected chi connectivity index (χ1v) is 11.2. The van der Waals surface area contributed by atoms with Crippen LogP contribution in [0.1, 0.15) is 40.2 Å². The van der Waals surface area contributed by atoms with E-state index in [1.165, 1.54) is 11.3 Å². The van der Waals surface area contributed by atoms with Crippen molar-refractivity contribution in [2.45, 2.75) is 44.9 Å². The molecule has 0 radical (unpaired) electrons. The van der Waals surface area contributed by atoms with Crippen molar-refractivity contribution >= 4 is 39.7 Å². The standard InChI is InChI=1S/C23H24ClN3O2S/c1-15-21(30-23(25-15)26-18-12-10-17(24)11-13-18)22(28)27-19-8-5-9-20(19)29-14-16-6-3-2-4-7-16/h2-4,6-7,10-13,19-20H,5,8-9,14H2,1H3,(H,25,26)(H,27,28)/t19-,20-/m1/s1. The van der Waals surface area contributed by atoms with Gasteiger partial charge in [-0.3, -0.25) is 4.79 Å². The van der Waals surface area contributed by atoms with Gasteiger partial charge in [0.05, 0.1) is 24.4 Å². The van der Waals surface area contributed by atoms with E-state index in [1.807, 2.05) is 49.4 Å². The van der Waals surface area contributed by atoms with Crippen LogP contribution in [-0.4, -0.2) is 23.0 Å². The number of hydrogen-bond acceptors (Lipinski definition) is 5. The van der Waals surface area contributed by atoms with Gasteiger partial charge in [-0.15, -0.1) is 0 Å². The summed E-state index contributed by atoms with van der Waals surface area (Å²) >= 11 is 7.28. The maximum Gasteiger partial charge on any atom is 0.263 e. The van der Waals surface area contributed by atoms with Crippen LogP contribution in [0.25, 0.3) is 0 Å². The molecule has 1 fully saturated rings. The number of anilines is 2. The van der Waals surface area contributed by atoms with E-state index < -0.39 is 0 Å². The van der Waals surface area contributed by atoms with Crippen molar-refractivity contribution in [1.82, 2.24) is 10.3 Å². The topological polar surface area (TPSA) is 63.2 Å². The summed E-state index contributed by atoms with van der Waals surface area (Å²) in [6.45, 7) is 2.42. The zero-order valence-electron chi connectivity index (χ0n) is 16.7. The largest absolute Gasteiger partial charge is 0.371 e. The van der Waals surface area contributed by atoms with Crippen LogP contribution in [-0.2, 0) is 11.3 Å². The third-order valence-corrected chi connectivity index (χ3v) is 6.50. The van der Waals surface area contributed by atoms with Crippen molar-refractivity contribution in [3.63, 3.8) is 0 Å². The first-order chi connectivity index (χ1) is 14.6. The average molecular weight is 442 g/mol. The molecule has 1 saturated carbocycles. The number of carbonyl (C=O) groups excluding carboxylic acids is 1. The van der Waals surface area contributed by atoms with Crippen LogP contribution in [0.15, 0.2) is 54.6 Å². The Morgan fingerprint density at radius 1 is 1.17 bits per heavy atom. The maximum atomic E-state index is 12.9. The molecule has 0 saturated heterocycles. The van der Waals surface area contributed by atoms with Gasteiger partial charge < -0.3 is 15.4 Å². The molecule has 0 unspecified atom stereocenters. The molecule has 2 atom stereocenters. The number of hydrogen-bond donors (Lipinski definition) is 2. The number of thiazole rings is 1. The second-order valence-corrected chi connectivity index (χ2v) is 8.85. The molecule has 4 rings (SSSR count). The fourth-order valence-electron chi connectivity index (χ4n) is 3.62. The summed E-state index contributed by atoms with van der Waals surface area (Å²) < 4.78 is 6.11. The Balaban J connectivity index is 1.37. The SMILES string of the molecule is Cc1nc(Nc2ccc(Cl)cc2)sc1C(=O)N[C@@H]1CCC[C@H]1OCc1ccccc1. The zero-order valence-corrected chi connectivity index (χ0v) is 18.3. The Morgan fingerprint density at radius 2 is 1.93 bits per heavy atom. The predicted octanol–water partition coefficient (Wildman–Crippen LogP) is 5.72. The van der Waals surface area contributed by atoms with Crippen LogP contribution < -0.4 is 10.6 Å². The molecule has 1 aromatic heterocycles. The van der Waals surface area contributed by atoms with E-state index in [-0.39, 0.29) is 18.1 Å². The van der Waals surface area contributed by atoms with Gasteiger partial charge in [0.1, 0.15) is 4.88 Å². The number of ether oxygens (including phenoxy) is 1. The van der Waals surface area contributed by atoms with Crippen molar-refractivity contribution in [1.29, 1.82) is 0 Å². The summed E-state index contributed by atoms with van der Waals surface area (Å²) in [6, 6.07) is 17.5. The molecule has 5 nitrogen and oxygen atoms in total. The summed E-state index contributed by atoms with van der Waals surface area (Å²) in [6.07, 6.45) is 2.98. The number of amides is 1. The lowest BCUT2D eigenvalue weighted by atomic mass is 10.2. The minimum Gasteiger partial charge on any atom is -0.371 e. The highest BCUT2D eigenvalue weighted by atomic mass is 35.5. The minimum absolute atomic E-state index is 0.0235. The van der Waals surface area contributed by atoms with Crippen LogP contribution in [0.4, 0.5) is 10.8 Å². The van der Waals surface area contributed by atoms with E-state index in [9.17, 15) is 4.79 Å². The number of carbonyl (C=O) groups is 1. The second-order valence-electron chi connectivity index (χ2n) is 7.41. The summed E-state index contributed by atoms with van der Waals surface area (Å²) in [4.78, 5) is 18.0. The fraction of sp³-hybridized carbons (Fsp3) is 0.304. The highest BCUT2D eigenvalue weighted by Crippen LogP contribution is 2.28. The number of benzene rings is 2. The van der Waals surface area contributed by atoms with Crippen molar-refractivity contribution < 1.29 is 9.53 Å². The number of rotatable bonds is 7. The van der Waals surface area contributed by atoms with Gasteiger partial charge in [-0.1, -0.05) is 53.3 Å². The van der Waals surface area contributed by atoms with Gasteiger partial charge in [-0.25, -0.2) is 4.98 Å². The van der Waals surface area contributed by atoms with Crippen LogP contribution in [0.3, 0.4) is 0 Å². The summed E-state index contributed by atoms with van der Waals surface area (Å²) in [5.41, 5.74) is 2.74. The Labute approximate surface area is 185 Å². The average Bonchev–Trinajstić information content (AvgIpc) is 3.34. The summed E-state index contributed by atoms with van der Waals surface area (Å²) in [5, 5.41) is 7.76. The number of halogens is 1. The van der Waals surface area contributed by atoms with Crippen LogP contribution in [0.2, 0.25) is 5.02 Å². The van der Waals surface area contributed by atoms with Crippen molar-refractivity contribution in [3.05, 3.63) is 75.8 Å². The van der Waals surface area contributed by atoms with E-state index in [4.69, 9.17) is 16.3 Å². The van der Waals surface area contributed by atoms with Gasteiger partial charge in [0.2, 0.25) is 0 Å². The predicted molar refractivity (Wildman–Crippen MR) is 122 cm³/mol. The first-order valence-electron chi connectivity index (χ1n) is 10.0. The Kier molecular flexibility index (Phi) is 6.67. The molecule has 1 heterocycles. The molecule has 156 valence electrons. The van der Waals surface area contributed by atoms with Gasteiger partial charge >= 0.3 is 0 Å². The number of nitrogens with zero attached hydrogens (tertiary/aromatic N) is 1. The third-order valence-electron chi connectivity index (χ3n) is 5.17. The van der Waals surface area contributed by atoms with Crippen molar-refractivity contribution in [2.24, 2.45) is 0 Å². The molecule has 2 aromatic carbocycles. The van der Waals surface area contributed by atoms with Crippen molar-refractivity contribution in [3.8, 4) is 0 Å². The zero-order chi connectivity index (χ0) is 20.9. The highest BCUT2D eigenvalue weighted by Gasteiger charge is 2.30. The number of aryl methyl sites for hydroxylation is 1. The Hall–Kier alpha value is -2.41. The molecule has 1 aliphatic carbocycles. The Morgan fingerprint density at radius 3 is 2.70 bits per heavy atom. The van der Waals surface area contributed by atoms with E-state index in [0.717, 1.165) is 30.5 Å². The van der Waals surface area contributed by atoms with E-state index in [0.29, 0.717) is 27.3 Å². The van der Waals surface area contributed by atoms with E-state index in [1.54, 1.807) is 0 Å². The van der Waals surface area contributed by atoms with E-state index >= 15 is 0 Å². The van der Waals surface area contributed by atoms with E-state index in [2.05, 4.69) is 27.8 Å². The monoisotopic (exact) mass is 441 g/mol. The fourth-order valence-corrected chi connectivity index (χ4v) is 4.64.